The van der Waals surface area contributed by atoms with Crippen LogP contribution >= 0.6 is 11.8 Å². The number of thioether (sulfide) groups is 1. The molecule has 0 bridgehead atoms. The van der Waals surface area contributed by atoms with Crippen molar-refractivity contribution < 1.29 is 18.4 Å². The second-order valence-electron chi connectivity index (χ2n) is 8.50. The molecule has 0 radical (unpaired) electrons. The van der Waals surface area contributed by atoms with Gasteiger partial charge in [-0.2, -0.15) is 0 Å². The van der Waals surface area contributed by atoms with Crippen LogP contribution in [0.5, 0.6) is 0 Å². The Morgan fingerprint density at radius 1 is 1.14 bits per heavy atom. The number of hydrogen-bond acceptors (Lipinski definition) is 6. The second-order valence-corrected chi connectivity index (χ2v) is 9.56. The summed E-state index contributed by atoms with van der Waals surface area (Å²) in [6.07, 6.45) is 3.74. The predicted octanol–water partition coefficient (Wildman–Crippen LogP) is 4.33. The smallest absolute Gasteiger partial charge is 0.257 e. The van der Waals surface area contributed by atoms with Crippen molar-refractivity contribution >= 4 is 23.6 Å². The topological polar surface area (TPSA) is 84.5 Å². The quantitative estimate of drug-likeness (QED) is 0.322. The third kappa shape index (κ3) is 5.75. The lowest BCUT2D eigenvalue weighted by Crippen LogP contribution is -2.55. The summed E-state index contributed by atoms with van der Waals surface area (Å²) in [4.78, 5) is 28.9. The van der Waals surface area contributed by atoms with E-state index in [0.717, 1.165) is 36.1 Å². The van der Waals surface area contributed by atoms with Gasteiger partial charge in [0.15, 0.2) is 16.7 Å². The Morgan fingerprint density at radius 2 is 1.97 bits per heavy atom. The molecule has 4 rings (SSSR count). The number of rotatable bonds is 9. The SMILES string of the molecule is CCn1c(SCCCCC(=O)N2CCN(C(=O)c3ccccc3F)C(C)C2)nnc1-c1ccco1. The number of halogens is 1. The molecule has 1 atom stereocenters. The van der Waals surface area contributed by atoms with Gasteiger partial charge in [0.25, 0.3) is 5.91 Å². The molecule has 8 nitrogen and oxygen atoms in total. The van der Waals surface area contributed by atoms with Crippen molar-refractivity contribution in [1.29, 1.82) is 0 Å². The van der Waals surface area contributed by atoms with E-state index >= 15 is 0 Å². The van der Waals surface area contributed by atoms with E-state index in [4.69, 9.17) is 4.42 Å². The molecule has 2 aromatic heterocycles. The molecule has 186 valence electrons. The molecule has 10 heteroatoms. The van der Waals surface area contributed by atoms with E-state index in [-0.39, 0.29) is 23.4 Å². The minimum atomic E-state index is -0.518. The third-order valence-electron chi connectivity index (χ3n) is 6.14. The van der Waals surface area contributed by atoms with Gasteiger partial charge in [-0.25, -0.2) is 4.39 Å². The average Bonchev–Trinajstić information content (AvgIpc) is 3.53. The maximum atomic E-state index is 14.0. The molecular formula is C25H30FN5O3S. The van der Waals surface area contributed by atoms with Crippen molar-refractivity contribution in [3.05, 3.63) is 54.0 Å². The zero-order valence-electron chi connectivity index (χ0n) is 20.0. The molecule has 1 saturated heterocycles. The Hall–Kier alpha value is -3.14. The Labute approximate surface area is 208 Å². The Balaban J connectivity index is 1.20. The molecule has 2 amide bonds. The number of benzene rings is 1. The maximum absolute atomic E-state index is 14.0. The van der Waals surface area contributed by atoms with Crippen molar-refractivity contribution in [2.24, 2.45) is 0 Å². The Morgan fingerprint density at radius 3 is 2.69 bits per heavy atom. The van der Waals surface area contributed by atoms with Crippen LogP contribution in [0.3, 0.4) is 0 Å². The van der Waals surface area contributed by atoms with Gasteiger partial charge in [-0.15, -0.1) is 10.2 Å². The van der Waals surface area contributed by atoms with E-state index in [9.17, 15) is 14.0 Å². The first-order chi connectivity index (χ1) is 17.0. The van der Waals surface area contributed by atoms with Gasteiger partial charge in [0, 0.05) is 44.4 Å². The standard InChI is InChI=1S/C25H30FN5O3S/c1-3-30-23(21-11-8-15-34-21)27-28-25(30)35-16-7-6-12-22(32)29-13-14-31(18(2)17-29)24(33)19-9-4-5-10-20(19)26/h4-5,8-11,15,18H,3,6-7,12-14,16-17H2,1-2H3. The Bertz CT molecular complexity index is 1150. The van der Waals surface area contributed by atoms with Crippen LogP contribution in [0.2, 0.25) is 0 Å². The zero-order valence-corrected chi connectivity index (χ0v) is 20.8. The van der Waals surface area contributed by atoms with Crippen LogP contribution in [0.15, 0.2) is 52.2 Å². The van der Waals surface area contributed by atoms with Crippen LogP contribution < -0.4 is 0 Å². The highest BCUT2D eigenvalue weighted by Gasteiger charge is 2.31. The number of furan rings is 1. The lowest BCUT2D eigenvalue weighted by molar-refractivity contribution is -0.133. The molecule has 1 aromatic carbocycles. The van der Waals surface area contributed by atoms with E-state index in [2.05, 4.69) is 10.2 Å². The largest absolute Gasteiger partial charge is 0.461 e. The number of piperazine rings is 1. The number of carbonyl (C=O) groups is 2. The van der Waals surface area contributed by atoms with Crippen LogP contribution in [0.4, 0.5) is 4.39 Å². The van der Waals surface area contributed by atoms with Crippen LogP contribution in [0.1, 0.15) is 43.5 Å². The molecule has 0 spiro atoms. The van der Waals surface area contributed by atoms with E-state index in [1.165, 1.54) is 12.1 Å². The number of nitrogens with zero attached hydrogens (tertiary/aromatic N) is 5. The predicted molar refractivity (Wildman–Crippen MR) is 131 cm³/mol. The van der Waals surface area contributed by atoms with E-state index in [1.54, 1.807) is 35.1 Å². The third-order valence-corrected chi connectivity index (χ3v) is 7.19. The number of amides is 2. The van der Waals surface area contributed by atoms with Crippen LogP contribution in [-0.4, -0.2) is 67.8 Å². The fourth-order valence-corrected chi connectivity index (χ4v) is 5.24. The summed E-state index contributed by atoms with van der Waals surface area (Å²) >= 11 is 1.63. The zero-order chi connectivity index (χ0) is 24.8. The number of carbonyl (C=O) groups excluding carboxylic acids is 2. The van der Waals surface area contributed by atoms with Gasteiger partial charge >= 0.3 is 0 Å². The van der Waals surface area contributed by atoms with Crippen LogP contribution in [0, 0.1) is 5.82 Å². The van der Waals surface area contributed by atoms with Crippen molar-refractivity contribution in [2.75, 3.05) is 25.4 Å². The summed E-state index contributed by atoms with van der Waals surface area (Å²) in [6.45, 7) is 6.02. The molecule has 1 fully saturated rings. The molecule has 0 N–H and O–H groups in total. The minimum absolute atomic E-state index is 0.0758. The summed E-state index contributed by atoms with van der Waals surface area (Å²) in [6, 6.07) is 9.54. The minimum Gasteiger partial charge on any atom is -0.461 e. The molecule has 1 unspecified atom stereocenters. The lowest BCUT2D eigenvalue weighted by Gasteiger charge is -2.40. The fraction of sp³-hybridized carbons (Fsp3) is 0.440. The summed E-state index contributed by atoms with van der Waals surface area (Å²) in [5.74, 6) is 1.51. The first kappa shape index (κ1) is 25.0. The van der Waals surface area contributed by atoms with Crippen molar-refractivity contribution in [3.8, 4) is 11.6 Å². The molecule has 0 saturated carbocycles. The van der Waals surface area contributed by atoms with Gasteiger partial charge in [0.1, 0.15) is 5.82 Å². The van der Waals surface area contributed by atoms with Crippen molar-refractivity contribution in [2.45, 2.75) is 50.9 Å². The molecular weight excluding hydrogens is 469 g/mol. The fourth-order valence-electron chi connectivity index (χ4n) is 4.24. The van der Waals surface area contributed by atoms with Gasteiger partial charge in [0.2, 0.25) is 5.91 Å². The van der Waals surface area contributed by atoms with E-state index in [0.29, 0.717) is 31.8 Å². The summed E-state index contributed by atoms with van der Waals surface area (Å²) < 4.78 is 21.5. The van der Waals surface area contributed by atoms with Gasteiger partial charge in [0.05, 0.1) is 11.8 Å². The van der Waals surface area contributed by atoms with Crippen LogP contribution in [-0.2, 0) is 11.3 Å². The lowest BCUT2D eigenvalue weighted by atomic mass is 10.1. The highest BCUT2D eigenvalue weighted by molar-refractivity contribution is 7.99. The number of unbranched alkanes of at least 4 members (excludes halogenated alkanes) is 1. The number of aromatic nitrogens is 3. The van der Waals surface area contributed by atoms with Crippen molar-refractivity contribution in [1.82, 2.24) is 24.6 Å². The van der Waals surface area contributed by atoms with Gasteiger partial charge in [-0.1, -0.05) is 23.9 Å². The maximum Gasteiger partial charge on any atom is 0.257 e. The van der Waals surface area contributed by atoms with Crippen molar-refractivity contribution in [3.63, 3.8) is 0 Å². The first-order valence-electron chi connectivity index (χ1n) is 11.9. The molecule has 0 aliphatic carbocycles. The summed E-state index contributed by atoms with van der Waals surface area (Å²) in [5, 5.41) is 9.39. The number of hydrogen-bond donors (Lipinski definition) is 0. The van der Waals surface area contributed by atoms with E-state index in [1.807, 2.05) is 35.4 Å². The van der Waals surface area contributed by atoms with Gasteiger partial charge < -0.3 is 14.2 Å². The van der Waals surface area contributed by atoms with Crippen LogP contribution in [0.25, 0.3) is 11.6 Å². The molecule has 35 heavy (non-hydrogen) atoms. The van der Waals surface area contributed by atoms with E-state index < -0.39 is 5.82 Å². The summed E-state index contributed by atoms with van der Waals surface area (Å²) in [7, 11) is 0. The monoisotopic (exact) mass is 499 g/mol. The molecule has 3 aromatic rings. The van der Waals surface area contributed by atoms with Gasteiger partial charge in [-0.05, 0) is 51.0 Å². The second kappa shape index (κ2) is 11.5. The Kier molecular flexibility index (Phi) is 8.22. The normalized spacial score (nSPS) is 16.0. The highest BCUT2D eigenvalue weighted by atomic mass is 32.2. The average molecular weight is 500 g/mol. The highest BCUT2D eigenvalue weighted by Crippen LogP contribution is 2.25. The molecule has 3 heterocycles. The summed E-state index contributed by atoms with van der Waals surface area (Å²) in [5.41, 5.74) is 0.0758. The molecule has 1 aliphatic rings. The van der Waals surface area contributed by atoms with Gasteiger partial charge in [-0.3, -0.25) is 14.2 Å². The molecule has 1 aliphatic heterocycles. The first-order valence-corrected chi connectivity index (χ1v) is 12.9.